The van der Waals surface area contributed by atoms with Crippen LogP contribution in [0.5, 0.6) is 0 Å². The Labute approximate surface area is 169 Å². The molecule has 3 rings (SSSR count). The number of thioether (sulfide) groups is 1. The first kappa shape index (κ1) is 21.0. The Bertz CT molecular complexity index is 845. The van der Waals surface area contributed by atoms with Gasteiger partial charge >= 0.3 is 0 Å². The van der Waals surface area contributed by atoms with E-state index in [-0.39, 0.29) is 24.0 Å². The Kier molecular flexibility index (Phi) is 6.60. The maximum Gasteiger partial charge on any atom is 0.255 e. The van der Waals surface area contributed by atoms with Crippen LogP contribution in [0.1, 0.15) is 44.7 Å². The summed E-state index contributed by atoms with van der Waals surface area (Å²) < 4.78 is 6.90. The standard InChI is InChI=1S/C21H28N2O4S/c1-21(2,3)14-4-6-16(7-5-14)28-9-8-15-10-19(26)23(13-22-15)20-11-17(25)18(12-24)27-20/h4-7,10,13,17-18,20,24-25H,8-9,11-12H2,1-3H3/t17-,18+,20+/m0/s1. The SMILES string of the molecule is CC(C)(C)c1ccc(SCCc2cc(=O)n([C@H]3C[C@H](O)[C@@H](CO)O3)cn2)cc1. The summed E-state index contributed by atoms with van der Waals surface area (Å²) in [7, 11) is 0. The van der Waals surface area contributed by atoms with Gasteiger partial charge in [0.1, 0.15) is 12.3 Å². The number of rotatable bonds is 6. The van der Waals surface area contributed by atoms with E-state index in [0.29, 0.717) is 6.42 Å². The number of aliphatic hydroxyl groups is 2. The number of hydrogen-bond acceptors (Lipinski definition) is 6. The van der Waals surface area contributed by atoms with E-state index in [1.807, 2.05) is 0 Å². The first-order valence-corrected chi connectivity index (χ1v) is 10.5. The third kappa shape index (κ3) is 5.03. The fraction of sp³-hybridized carbons (Fsp3) is 0.524. The van der Waals surface area contributed by atoms with Crippen molar-refractivity contribution in [3.63, 3.8) is 0 Å². The number of aryl methyl sites for hydroxylation is 1. The average Bonchev–Trinajstić information content (AvgIpc) is 3.02. The Balaban J connectivity index is 1.56. The molecule has 0 aliphatic carbocycles. The van der Waals surface area contributed by atoms with Crippen LogP contribution in [0.3, 0.4) is 0 Å². The zero-order valence-corrected chi connectivity index (χ0v) is 17.4. The van der Waals surface area contributed by atoms with E-state index >= 15 is 0 Å². The second-order valence-corrected chi connectivity index (χ2v) is 9.28. The van der Waals surface area contributed by atoms with Gasteiger partial charge in [-0.1, -0.05) is 32.9 Å². The highest BCUT2D eigenvalue weighted by molar-refractivity contribution is 7.99. The molecule has 2 N–H and O–H groups in total. The molecule has 1 aliphatic heterocycles. The first-order valence-electron chi connectivity index (χ1n) is 9.52. The highest BCUT2D eigenvalue weighted by Gasteiger charge is 2.34. The number of ether oxygens (including phenoxy) is 1. The highest BCUT2D eigenvalue weighted by atomic mass is 32.2. The summed E-state index contributed by atoms with van der Waals surface area (Å²) in [5, 5.41) is 19.0. The van der Waals surface area contributed by atoms with E-state index in [4.69, 9.17) is 4.74 Å². The number of aromatic nitrogens is 2. The molecule has 2 aromatic rings. The third-order valence-corrected chi connectivity index (χ3v) is 5.95. The Morgan fingerprint density at radius 2 is 2.00 bits per heavy atom. The molecule has 0 spiro atoms. The second-order valence-electron chi connectivity index (χ2n) is 8.11. The van der Waals surface area contributed by atoms with Gasteiger partial charge in [0.05, 0.1) is 19.0 Å². The van der Waals surface area contributed by atoms with Gasteiger partial charge < -0.3 is 14.9 Å². The molecule has 28 heavy (non-hydrogen) atoms. The number of hydrogen-bond donors (Lipinski definition) is 2. The summed E-state index contributed by atoms with van der Waals surface area (Å²) in [5.41, 5.74) is 1.98. The summed E-state index contributed by atoms with van der Waals surface area (Å²) in [6, 6.07) is 10.1. The molecule has 0 amide bonds. The van der Waals surface area contributed by atoms with Gasteiger partial charge in [-0.2, -0.15) is 0 Å². The largest absolute Gasteiger partial charge is 0.394 e. The van der Waals surface area contributed by atoms with E-state index in [1.165, 1.54) is 27.4 Å². The fourth-order valence-electron chi connectivity index (χ4n) is 3.18. The highest BCUT2D eigenvalue weighted by Crippen LogP contribution is 2.28. The van der Waals surface area contributed by atoms with Crippen LogP contribution in [0.4, 0.5) is 0 Å². The lowest BCUT2D eigenvalue weighted by Crippen LogP contribution is -2.26. The van der Waals surface area contributed by atoms with Crippen LogP contribution in [-0.4, -0.2) is 44.3 Å². The van der Waals surface area contributed by atoms with Gasteiger partial charge in [-0.05, 0) is 29.5 Å². The van der Waals surface area contributed by atoms with E-state index in [9.17, 15) is 15.0 Å². The van der Waals surface area contributed by atoms with Crippen molar-refractivity contribution in [2.24, 2.45) is 0 Å². The number of nitrogens with zero attached hydrogens (tertiary/aromatic N) is 2. The number of aliphatic hydroxyl groups excluding tert-OH is 2. The van der Waals surface area contributed by atoms with Gasteiger partial charge in [0.25, 0.3) is 5.56 Å². The maximum atomic E-state index is 12.4. The molecular weight excluding hydrogens is 376 g/mol. The monoisotopic (exact) mass is 404 g/mol. The minimum Gasteiger partial charge on any atom is -0.394 e. The Morgan fingerprint density at radius 1 is 1.29 bits per heavy atom. The average molecular weight is 405 g/mol. The first-order chi connectivity index (χ1) is 13.3. The molecule has 0 bridgehead atoms. The maximum absolute atomic E-state index is 12.4. The molecule has 6 nitrogen and oxygen atoms in total. The summed E-state index contributed by atoms with van der Waals surface area (Å²) in [5.74, 6) is 0.830. The topological polar surface area (TPSA) is 84.6 Å². The summed E-state index contributed by atoms with van der Waals surface area (Å²) in [6.45, 7) is 6.32. The molecule has 3 atom stereocenters. The molecule has 0 unspecified atom stereocenters. The summed E-state index contributed by atoms with van der Waals surface area (Å²) >= 11 is 1.74. The normalized spacial score (nSPS) is 22.5. The van der Waals surface area contributed by atoms with Crippen molar-refractivity contribution in [3.05, 3.63) is 58.3 Å². The summed E-state index contributed by atoms with van der Waals surface area (Å²) in [4.78, 5) is 17.9. The lowest BCUT2D eigenvalue weighted by molar-refractivity contribution is -0.0458. The minimum absolute atomic E-state index is 0.146. The van der Waals surface area contributed by atoms with Crippen molar-refractivity contribution < 1.29 is 14.9 Å². The van der Waals surface area contributed by atoms with Gasteiger partial charge in [0.15, 0.2) is 0 Å². The van der Waals surface area contributed by atoms with Gasteiger partial charge in [-0.15, -0.1) is 11.8 Å². The van der Waals surface area contributed by atoms with E-state index in [1.54, 1.807) is 11.8 Å². The molecule has 1 aromatic heterocycles. The quantitative estimate of drug-likeness (QED) is 0.720. The molecule has 1 fully saturated rings. The molecule has 0 saturated carbocycles. The van der Waals surface area contributed by atoms with E-state index in [0.717, 1.165) is 11.4 Å². The number of benzene rings is 1. The minimum atomic E-state index is -0.775. The van der Waals surface area contributed by atoms with E-state index in [2.05, 4.69) is 50.0 Å². The molecular formula is C21H28N2O4S. The lowest BCUT2D eigenvalue weighted by Gasteiger charge is -2.19. The van der Waals surface area contributed by atoms with Gasteiger partial charge in [-0.3, -0.25) is 9.36 Å². The van der Waals surface area contributed by atoms with Crippen molar-refractivity contribution in [3.8, 4) is 0 Å². The van der Waals surface area contributed by atoms with Crippen molar-refractivity contribution in [1.82, 2.24) is 9.55 Å². The molecule has 1 aliphatic rings. The predicted octanol–water partition coefficient (Wildman–Crippen LogP) is 2.52. The molecule has 7 heteroatoms. The fourth-order valence-corrected chi connectivity index (χ4v) is 4.05. The van der Waals surface area contributed by atoms with Gasteiger partial charge in [-0.25, -0.2) is 4.98 Å². The smallest absolute Gasteiger partial charge is 0.255 e. The molecule has 2 heterocycles. The van der Waals surface area contributed by atoms with Crippen LogP contribution in [0.25, 0.3) is 0 Å². The third-order valence-electron chi connectivity index (χ3n) is 4.93. The van der Waals surface area contributed by atoms with Gasteiger partial charge in [0.2, 0.25) is 0 Å². The van der Waals surface area contributed by atoms with Gasteiger partial charge in [0, 0.05) is 28.8 Å². The molecule has 1 saturated heterocycles. The van der Waals surface area contributed by atoms with Crippen LogP contribution in [0, 0.1) is 0 Å². The zero-order chi connectivity index (χ0) is 20.3. The predicted molar refractivity (Wildman–Crippen MR) is 110 cm³/mol. The molecule has 1 aromatic carbocycles. The Hall–Kier alpha value is -1.67. The lowest BCUT2D eigenvalue weighted by atomic mass is 9.87. The van der Waals surface area contributed by atoms with Crippen LogP contribution in [-0.2, 0) is 16.6 Å². The van der Waals surface area contributed by atoms with Crippen molar-refractivity contribution in [2.45, 2.75) is 62.4 Å². The van der Waals surface area contributed by atoms with Crippen molar-refractivity contribution in [1.29, 1.82) is 0 Å². The molecule has 152 valence electrons. The van der Waals surface area contributed by atoms with Crippen LogP contribution in [0.2, 0.25) is 0 Å². The zero-order valence-electron chi connectivity index (χ0n) is 16.5. The van der Waals surface area contributed by atoms with E-state index < -0.39 is 18.4 Å². The van der Waals surface area contributed by atoms with Crippen LogP contribution >= 0.6 is 11.8 Å². The Morgan fingerprint density at radius 3 is 2.57 bits per heavy atom. The summed E-state index contributed by atoms with van der Waals surface area (Å²) in [6.07, 6.45) is 0.413. The van der Waals surface area contributed by atoms with Crippen molar-refractivity contribution >= 4 is 11.8 Å². The van der Waals surface area contributed by atoms with Crippen LogP contribution in [0.15, 0.2) is 46.3 Å². The van der Waals surface area contributed by atoms with Crippen molar-refractivity contribution in [2.75, 3.05) is 12.4 Å². The second kappa shape index (κ2) is 8.78. The van der Waals surface area contributed by atoms with Crippen LogP contribution < -0.4 is 5.56 Å². The molecule has 0 radical (unpaired) electrons.